The summed E-state index contributed by atoms with van der Waals surface area (Å²) in [7, 11) is 0. The van der Waals surface area contributed by atoms with Crippen LogP contribution in [0.3, 0.4) is 0 Å². The Labute approximate surface area is 140 Å². The predicted octanol–water partition coefficient (Wildman–Crippen LogP) is 2.26. The molecule has 8 nitrogen and oxygen atoms in total. The maximum atomic E-state index is 8.70. The van der Waals surface area contributed by atoms with Crippen molar-refractivity contribution in [2.75, 3.05) is 0 Å². The van der Waals surface area contributed by atoms with Gasteiger partial charge in [-0.15, -0.1) is 0 Å². The van der Waals surface area contributed by atoms with Crippen molar-refractivity contribution in [3.8, 4) is 0 Å². The number of nitrogens with zero attached hydrogens (tertiary/aromatic N) is 4. The largest absolute Gasteiger partial charge is 0.291 e. The average molecular weight is 328 g/mol. The molecule has 0 atom stereocenters. The fourth-order valence-electron chi connectivity index (χ4n) is 1.37. The Hall–Kier alpha value is -3.10. The van der Waals surface area contributed by atoms with E-state index in [-0.39, 0.29) is 11.4 Å². The Kier molecular flexibility index (Phi) is 7.76. The Balaban J connectivity index is 2.81. The zero-order valence-corrected chi connectivity index (χ0v) is 13.6. The van der Waals surface area contributed by atoms with Crippen molar-refractivity contribution in [2.45, 2.75) is 13.8 Å². The number of hydroxylamine groups is 2. The van der Waals surface area contributed by atoms with Crippen molar-refractivity contribution in [3.05, 3.63) is 59.9 Å². The first kappa shape index (κ1) is 18.9. The second kappa shape index (κ2) is 9.82. The number of rotatable bonds is 8. The number of hydrogen-bond acceptors (Lipinski definition) is 8. The lowest BCUT2D eigenvalue weighted by molar-refractivity contribution is 0.207. The van der Waals surface area contributed by atoms with E-state index in [9.17, 15) is 0 Å². The summed E-state index contributed by atoms with van der Waals surface area (Å²) in [5, 5.41) is 33.1. The molecule has 0 aliphatic carbocycles. The van der Waals surface area contributed by atoms with Gasteiger partial charge in [-0.05, 0) is 31.0 Å². The van der Waals surface area contributed by atoms with Gasteiger partial charge in [0.15, 0.2) is 0 Å². The molecule has 0 aromatic heterocycles. The van der Waals surface area contributed by atoms with E-state index in [2.05, 4.69) is 33.6 Å². The second-order valence-corrected chi connectivity index (χ2v) is 4.71. The molecule has 0 aliphatic rings. The van der Waals surface area contributed by atoms with Crippen LogP contribution in [0.2, 0.25) is 0 Å². The van der Waals surface area contributed by atoms with Gasteiger partial charge in [0.05, 0.1) is 35.2 Å². The Bertz CT molecular complexity index is 662. The monoisotopic (exact) mass is 328 g/mol. The Morgan fingerprint density at radius 1 is 0.917 bits per heavy atom. The summed E-state index contributed by atoms with van der Waals surface area (Å²) in [6, 6.07) is 7.41. The third-order valence-corrected chi connectivity index (χ3v) is 2.88. The van der Waals surface area contributed by atoms with E-state index in [1.165, 1.54) is 0 Å². The van der Waals surface area contributed by atoms with Crippen LogP contribution in [0.25, 0.3) is 0 Å². The van der Waals surface area contributed by atoms with E-state index in [1.807, 2.05) is 35.2 Å². The molecule has 4 N–H and O–H groups in total. The smallest absolute Gasteiger partial charge is 0.0847 e. The van der Waals surface area contributed by atoms with Gasteiger partial charge in [0.2, 0.25) is 0 Å². The summed E-state index contributed by atoms with van der Waals surface area (Å²) < 4.78 is 0. The van der Waals surface area contributed by atoms with Crippen molar-refractivity contribution in [1.82, 2.24) is 11.0 Å². The van der Waals surface area contributed by atoms with Crippen molar-refractivity contribution in [1.29, 1.82) is 0 Å². The summed E-state index contributed by atoms with van der Waals surface area (Å²) in [5.41, 5.74) is 6.95. The maximum absolute atomic E-state index is 8.70. The third-order valence-electron chi connectivity index (χ3n) is 2.88. The molecule has 1 rings (SSSR count). The topological polar surface area (TPSA) is 114 Å². The molecule has 0 heterocycles. The lowest BCUT2D eigenvalue weighted by atomic mass is 10.1. The van der Waals surface area contributed by atoms with Crippen molar-refractivity contribution in [3.63, 3.8) is 0 Å². The molecule has 0 spiro atoms. The van der Waals surface area contributed by atoms with Crippen molar-refractivity contribution in [2.24, 2.45) is 20.4 Å². The van der Waals surface area contributed by atoms with Gasteiger partial charge in [0, 0.05) is 0 Å². The molecule has 0 radical (unpaired) electrons. The molecule has 24 heavy (non-hydrogen) atoms. The number of allylic oxidation sites excluding steroid dienone is 2. The Morgan fingerprint density at radius 3 is 1.71 bits per heavy atom. The average Bonchev–Trinajstić information content (AvgIpc) is 2.60. The van der Waals surface area contributed by atoms with Crippen LogP contribution in [0.5, 0.6) is 0 Å². The molecule has 1 aromatic carbocycles. The van der Waals surface area contributed by atoms with E-state index in [1.54, 1.807) is 26.3 Å². The maximum Gasteiger partial charge on any atom is 0.0847 e. The highest BCUT2D eigenvalue weighted by Gasteiger charge is 1.96. The fraction of sp³-hybridized carbons (Fsp3) is 0.125. The standard InChI is InChI=1S/C16H20N6O2/c1-11(13(3)21-23)19-17-9-15-6-5-7-16(8-15)10-18-20-12(2)14(4)22-24/h5-10,21-24H,3-4H2,1-2H3. The van der Waals surface area contributed by atoms with E-state index < -0.39 is 0 Å². The molecule has 1 aromatic rings. The van der Waals surface area contributed by atoms with Gasteiger partial charge in [-0.2, -0.15) is 20.4 Å². The van der Waals surface area contributed by atoms with Gasteiger partial charge in [0.1, 0.15) is 0 Å². The van der Waals surface area contributed by atoms with Crippen LogP contribution in [-0.4, -0.2) is 34.3 Å². The molecule has 0 amide bonds. The van der Waals surface area contributed by atoms with Crippen molar-refractivity contribution < 1.29 is 10.4 Å². The minimum absolute atomic E-state index is 0.278. The molecule has 0 bridgehead atoms. The zero-order valence-electron chi connectivity index (χ0n) is 13.6. The molecule has 126 valence electrons. The van der Waals surface area contributed by atoms with E-state index in [4.69, 9.17) is 10.4 Å². The summed E-state index contributed by atoms with van der Waals surface area (Å²) in [4.78, 5) is 0. The SMILES string of the molecule is C=C(NO)C(C)=NN=Cc1cccc(C=NN=C(C)C(=C)NO)c1. The van der Waals surface area contributed by atoms with Crippen LogP contribution in [0.15, 0.2) is 69.2 Å². The highest BCUT2D eigenvalue weighted by molar-refractivity contribution is 5.98. The van der Waals surface area contributed by atoms with Crippen LogP contribution in [0.1, 0.15) is 25.0 Å². The molecule has 0 saturated carbocycles. The van der Waals surface area contributed by atoms with Crippen LogP contribution in [0.4, 0.5) is 0 Å². The molecular weight excluding hydrogens is 308 g/mol. The highest BCUT2D eigenvalue weighted by atomic mass is 16.5. The molecule has 0 saturated heterocycles. The van der Waals surface area contributed by atoms with Crippen LogP contribution in [0, 0.1) is 0 Å². The zero-order chi connectivity index (χ0) is 17.9. The van der Waals surface area contributed by atoms with Gasteiger partial charge >= 0.3 is 0 Å². The minimum Gasteiger partial charge on any atom is -0.291 e. The van der Waals surface area contributed by atoms with E-state index in [0.717, 1.165) is 11.1 Å². The Morgan fingerprint density at radius 2 is 1.33 bits per heavy atom. The van der Waals surface area contributed by atoms with Crippen LogP contribution in [-0.2, 0) is 0 Å². The van der Waals surface area contributed by atoms with Gasteiger partial charge in [-0.3, -0.25) is 21.4 Å². The number of hydrogen-bond donors (Lipinski definition) is 4. The van der Waals surface area contributed by atoms with E-state index in [0.29, 0.717) is 11.4 Å². The quantitative estimate of drug-likeness (QED) is 0.433. The first-order valence-corrected chi connectivity index (χ1v) is 6.92. The summed E-state index contributed by atoms with van der Waals surface area (Å²) in [6.45, 7) is 10.5. The van der Waals surface area contributed by atoms with Crippen LogP contribution < -0.4 is 11.0 Å². The molecule has 0 fully saturated rings. The predicted molar refractivity (Wildman–Crippen MR) is 96.0 cm³/mol. The molecule has 8 heteroatoms. The lowest BCUT2D eigenvalue weighted by Gasteiger charge is -1.99. The summed E-state index contributed by atoms with van der Waals surface area (Å²) in [5.74, 6) is 0. The van der Waals surface area contributed by atoms with Gasteiger partial charge in [-0.25, -0.2) is 0 Å². The van der Waals surface area contributed by atoms with Gasteiger partial charge in [-0.1, -0.05) is 31.4 Å². The fourth-order valence-corrected chi connectivity index (χ4v) is 1.37. The van der Waals surface area contributed by atoms with Gasteiger partial charge in [0.25, 0.3) is 0 Å². The van der Waals surface area contributed by atoms with Gasteiger partial charge < -0.3 is 0 Å². The molecule has 0 unspecified atom stereocenters. The summed E-state index contributed by atoms with van der Waals surface area (Å²) >= 11 is 0. The first-order valence-electron chi connectivity index (χ1n) is 6.92. The lowest BCUT2D eigenvalue weighted by Crippen LogP contribution is -2.12. The molecular formula is C16H20N6O2. The normalized spacial score (nSPS) is 12.7. The van der Waals surface area contributed by atoms with Crippen molar-refractivity contribution >= 4 is 23.9 Å². The second-order valence-electron chi connectivity index (χ2n) is 4.71. The highest BCUT2D eigenvalue weighted by Crippen LogP contribution is 2.02. The number of nitrogens with one attached hydrogen (secondary N) is 2. The summed E-state index contributed by atoms with van der Waals surface area (Å²) in [6.07, 6.45) is 3.13. The van der Waals surface area contributed by atoms with E-state index >= 15 is 0 Å². The minimum atomic E-state index is 0.278. The van der Waals surface area contributed by atoms with Crippen LogP contribution >= 0.6 is 0 Å². The number of benzene rings is 1. The molecule has 0 aliphatic heterocycles. The first-order chi connectivity index (χ1) is 11.5. The third kappa shape index (κ3) is 6.34.